The molecule has 0 saturated carbocycles. The average molecular weight is 639 g/mol. The summed E-state index contributed by atoms with van der Waals surface area (Å²) in [6.07, 6.45) is 1.99. The largest absolute Gasteiger partial charge is 0.169 e. The Labute approximate surface area is 281 Å². The molecule has 5 aromatic carbocycles. The number of hydrogen-bond donors (Lipinski definition) is 0. The van der Waals surface area contributed by atoms with Crippen molar-refractivity contribution in [1.82, 2.24) is 0 Å². The first-order chi connectivity index (χ1) is 21.9. The third-order valence-electron chi connectivity index (χ3n) is 11.3. The van der Waals surface area contributed by atoms with Gasteiger partial charge in [0.1, 0.15) is 8.07 Å². The molecule has 0 N–H and O–H groups in total. The molecule has 5 aromatic rings. The van der Waals surface area contributed by atoms with Crippen molar-refractivity contribution in [3.05, 3.63) is 102 Å². The average Bonchev–Trinajstić information content (AvgIpc) is 3.03. The van der Waals surface area contributed by atoms with E-state index in [1.54, 1.807) is 5.19 Å². The van der Waals surface area contributed by atoms with Gasteiger partial charge in [-0.25, -0.2) is 0 Å². The number of fused-ring (bicyclic) bond motifs is 4. The number of benzene rings is 5. The Bertz CT molecular complexity index is 1910. The topological polar surface area (TPSA) is 0 Å². The molecule has 0 radical (unpaired) electrons. The molecule has 0 heterocycles. The van der Waals surface area contributed by atoms with Gasteiger partial charge in [-0.2, -0.15) is 0 Å². The van der Waals surface area contributed by atoms with Crippen LogP contribution in [0.15, 0.2) is 96.3 Å². The molecule has 0 nitrogen and oxygen atoms in total. The van der Waals surface area contributed by atoms with Gasteiger partial charge in [-0.15, -0.1) is 18.7 Å². The molecule has 5 rings (SSSR count). The minimum atomic E-state index is -2.32. The minimum absolute atomic E-state index is 0.487. The molecule has 0 amide bonds. The minimum Gasteiger partial charge on any atom is -0.120 e. The van der Waals surface area contributed by atoms with Crippen LogP contribution in [-0.4, -0.2) is 16.1 Å². The first kappa shape index (κ1) is 34.0. The summed E-state index contributed by atoms with van der Waals surface area (Å²) in [5.41, 5.74) is 7.25. The first-order valence-corrected chi connectivity index (χ1v) is 21.9. The highest BCUT2D eigenvalue weighted by Crippen LogP contribution is 2.45. The molecule has 0 saturated heterocycles. The highest BCUT2D eigenvalue weighted by atomic mass is 28.3. The van der Waals surface area contributed by atoms with Crippen molar-refractivity contribution in [3.8, 4) is 11.5 Å². The van der Waals surface area contributed by atoms with Gasteiger partial charge in [-0.1, -0.05) is 134 Å². The first-order valence-electron chi connectivity index (χ1n) is 17.6. The molecule has 0 aliphatic rings. The fourth-order valence-corrected chi connectivity index (χ4v) is 20.0. The maximum Gasteiger partial charge on any atom is 0.169 e. The van der Waals surface area contributed by atoms with Gasteiger partial charge in [0.25, 0.3) is 0 Å². The Balaban J connectivity index is 2.13. The zero-order valence-corrected chi connectivity index (χ0v) is 32.1. The molecule has 0 aliphatic carbocycles. The van der Waals surface area contributed by atoms with Gasteiger partial charge in [0.15, 0.2) is 8.07 Å². The monoisotopic (exact) mass is 638 g/mol. The van der Waals surface area contributed by atoms with Gasteiger partial charge in [0.2, 0.25) is 0 Å². The summed E-state index contributed by atoms with van der Waals surface area (Å²) >= 11 is 0. The maximum atomic E-state index is 4.89. The molecule has 0 fully saturated rings. The van der Waals surface area contributed by atoms with E-state index in [1.165, 1.54) is 59.0 Å². The van der Waals surface area contributed by atoms with Crippen molar-refractivity contribution >= 4 is 64.4 Å². The van der Waals surface area contributed by atoms with Crippen LogP contribution in [0.5, 0.6) is 0 Å². The Hall–Kier alpha value is -3.39. The lowest BCUT2D eigenvalue weighted by atomic mass is 9.92. The van der Waals surface area contributed by atoms with E-state index in [2.05, 4.69) is 160 Å². The van der Waals surface area contributed by atoms with Gasteiger partial charge in [0, 0.05) is 5.56 Å². The fraction of sp³-hybridized carbons (Fsp3) is 0.364. The van der Waals surface area contributed by atoms with Crippen LogP contribution in [0.1, 0.15) is 87.6 Å². The van der Waals surface area contributed by atoms with Gasteiger partial charge >= 0.3 is 0 Å². The zero-order chi connectivity index (χ0) is 33.6. The molecule has 2 heteroatoms. The van der Waals surface area contributed by atoms with E-state index >= 15 is 0 Å². The lowest BCUT2D eigenvalue weighted by molar-refractivity contribution is 0.908. The summed E-state index contributed by atoms with van der Waals surface area (Å²) in [6, 6.07) is 27.6. The van der Waals surface area contributed by atoms with Crippen molar-refractivity contribution in [1.29, 1.82) is 0 Å². The van der Waals surface area contributed by atoms with Gasteiger partial charge in [0.05, 0.1) is 0 Å². The van der Waals surface area contributed by atoms with Crippen LogP contribution in [0.25, 0.3) is 43.1 Å². The normalized spacial score (nSPS) is 12.7. The van der Waals surface area contributed by atoms with Crippen LogP contribution < -0.4 is 5.19 Å². The molecule has 0 unspecified atom stereocenters. The van der Waals surface area contributed by atoms with Crippen LogP contribution in [0, 0.1) is 11.5 Å². The van der Waals surface area contributed by atoms with Crippen molar-refractivity contribution in [2.45, 2.75) is 104 Å². The Kier molecular flexibility index (Phi) is 9.61. The van der Waals surface area contributed by atoms with Crippen LogP contribution >= 0.6 is 0 Å². The summed E-state index contributed by atoms with van der Waals surface area (Å²) in [5, 5.41) is 14.9. The molecule has 0 spiro atoms. The Morgan fingerprint density at radius 2 is 0.935 bits per heavy atom. The lowest BCUT2D eigenvalue weighted by Crippen LogP contribution is -2.55. The van der Waals surface area contributed by atoms with E-state index in [0.717, 1.165) is 12.8 Å². The molecule has 238 valence electrons. The predicted octanol–water partition coefficient (Wildman–Crippen LogP) is 12.9. The van der Waals surface area contributed by atoms with Gasteiger partial charge in [-0.05, 0) is 108 Å². The summed E-state index contributed by atoms with van der Waals surface area (Å²) in [4.78, 5) is 0. The Morgan fingerprint density at radius 1 is 0.565 bits per heavy atom. The van der Waals surface area contributed by atoms with Crippen LogP contribution in [0.3, 0.4) is 0 Å². The summed E-state index contributed by atoms with van der Waals surface area (Å²) in [6.45, 7) is 33.5. The molecular formula is C44H54Si2. The molecule has 0 aliphatic heterocycles. The molecule has 0 atom stereocenters. The van der Waals surface area contributed by atoms with E-state index < -0.39 is 16.1 Å². The number of allylic oxidation sites excluding steroid dienone is 2. The second-order valence-corrected chi connectivity index (χ2v) is 25.0. The highest BCUT2D eigenvalue weighted by molar-refractivity contribution is 7.02. The molecule has 0 aromatic heterocycles. The van der Waals surface area contributed by atoms with Crippen molar-refractivity contribution in [2.24, 2.45) is 0 Å². The van der Waals surface area contributed by atoms with Crippen molar-refractivity contribution < 1.29 is 0 Å². The summed E-state index contributed by atoms with van der Waals surface area (Å²) in [7, 11) is -4.51. The lowest BCUT2D eigenvalue weighted by Gasteiger charge is -2.43. The van der Waals surface area contributed by atoms with Gasteiger partial charge < -0.3 is 0 Å². The summed E-state index contributed by atoms with van der Waals surface area (Å²) in [5.74, 6) is 4.00. The highest BCUT2D eigenvalue weighted by Gasteiger charge is 2.46. The van der Waals surface area contributed by atoms with Crippen LogP contribution in [0.2, 0.25) is 22.2 Å². The van der Waals surface area contributed by atoms with Crippen LogP contribution in [0.4, 0.5) is 0 Å². The smallest absolute Gasteiger partial charge is 0.120 e. The van der Waals surface area contributed by atoms with E-state index in [1.807, 2.05) is 0 Å². The van der Waals surface area contributed by atoms with Crippen LogP contribution in [-0.2, 0) is 0 Å². The van der Waals surface area contributed by atoms with E-state index in [-0.39, 0.29) is 0 Å². The molecule has 0 bridgehead atoms. The predicted molar refractivity (Wildman–Crippen MR) is 214 cm³/mol. The number of hydrogen-bond acceptors (Lipinski definition) is 0. The van der Waals surface area contributed by atoms with Crippen molar-refractivity contribution in [2.75, 3.05) is 0 Å². The van der Waals surface area contributed by atoms with Crippen molar-refractivity contribution in [3.63, 3.8) is 0 Å². The zero-order valence-electron chi connectivity index (χ0n) is 30.1. The maximum absolute atomic E-state index is 4.89. The molecular weight excluding hydrogens is 585 g/mol. The SMILES string of the molecule is C=C(CC)[Si](C#Cc1c2cc3ccccc3cc2c([Si](C(=C)CC)(C(C)C)C(C)C)c2cc3ccccc3cc12)(C(C)C)C(C)C. The van der Waals surface area contributed by atoms with E-state index in [0.29, 0.717) is 22.2 Å². The van der Waals surface area contributed by atoms with Gasteiger partial charge in [-0.3, -0.25) is 0 Å². The van der Waals surface area contributed by atoms with E-state index in [9.17, 15) is 0 Å². The standard InChI is InChI=1S/C44H54Si2/c1-13-33(11)45(29(3)4,30(5)6)24-23-39-40-25-35-19-15-17-21-37(35)27-42(40)44(46(31(7)8,32(9)10)34(12)14-2)43-28-38-22-18-16-20-36(38)26-41(39)43/h15-22,25-32H,11-14H2,1-10H3. The quantitative estimate of drug-likeness (QED) is 0.0856. The second kappa shape index (κ2) is 13.0. The van der Waals surface area contributed by atoms with E-state index in [4.69, 9.17) is 6.58 Å². The number of rotatable bonds is 9. The fourth-order valence-electron chi connectivity index (χ4n) is 9.03. The molecule has 46 heavy (non-hydrogen) atoms. The second-order valence-electron chi connectivity index (χ2n) is 14.8. The third-order valence-corrected chi connectivity index (χ3v) is 23.6. The third kappa shape index (κ3) is 5.21. The summed E-state index contributed by atoms with van der Waals surface area (Å²) < 4.78 is 0. The Morgan fingerprint density at radius 3 is 1.26 bits per heavy atom.